The number of guanidine groups is 1. The molecule has 0 unspecified atom stereocenters. The van der Waals surface area contributed by atoms with Crippen LogP contribution in [0, 0.1) is 6.92 Å². The lowest BCUT2D eigenvalue weighted by molar-refractivity contribution is 0.588. The van der Waals surface area contributed by atoms with E-state index in [1.165, 1.54) is 18.2 Å². The summed E-state index contributed by atoms with van der Waals surface area (Å²) in [5.74, 6) is 0.692. The van der Waals surface area contributed by atoms with E-state index < -0.39 is 10.0 Å². The van der Waals surface area contributed by atoms with Gasteiger partial charge in [0.05, 0.1) is 11.4 Å². The zero-order valence-electron chi connectivity index (χ0n) is 15.8. The summed E-state index contributed by atoms with van der Waals surface area (Å²) < 4.78 is 26.2. The van der Waals surface area contributed by atoms with Crippen molar-refractivity contribution in [3.8, 4) is 0 Å². The topological polar surface area (TPSA) is 82.6 Å². The van der Waals surface area contributed by atoms with Crippen LogP contribution in [0.1, 0.15) is 23.6 Å². The van der Waals surface area contributed by atoms with E-state index in [0.29, 0.717) is 19.0 Å². The van der Waals surface area contributed by atoms with E-state index in [0.717, 1.165) is 12.1 Å². The third kappa shape index (κ3) is 7.11. The Kier molecular flexibility index (Phi) is 9.75. The molecule has 0 aromatic heterocycles. The van der Waals surface area contributed by atoms with Crippen molar-refractivity contribution in [2.24, 2.45) is 4.99 Å². The van der Waals surface area contributed by atoms with Gasteiger partial charge in [0, 0.05) is 13.1 Å². The van der Waals surface area contributed by atoms with Crippen molar-refractivity contribution in [2.75, 3.05) is 13.6 Å². The van der Waals surface area contributed by atoms with Crippen molar-refractivity contribution >= 4 is 40.0 Å². The monoisotopic (exact) mass is 502 g/mol. The van der Waals surface area contributed by atoms with E-state index in [4.69, 9.17) is 0 Å². The highest BCUT2D eigenvalue weighted by Gasteiger charge is 2.11. The predicted octanol–water partition coefficient (Wildman–Crippen LogP) is 2.78. The molecule has 0 amide bonds. The van der Waals surface area contributed by atoms with Gasteiger partial charge in [-0.15, -0.1) is 24.0 Å². The molecular weight excluding hydrogens is 475 g/mol. The van der Waals surface area contributed by atoms with Crippen LogP contribution in [0.15, 0.2) is 58.4 Å². The van der Waals surface area contributed by atoms with Gasteiger partial charge in [0.2, 0.25) is 10.0 Å². The molecule has 148 valence electrons. The Bertz CT molecular complexity index is 870. The maximum absolute atomic E-state index is 11.9. The number of halogens is 1. The summed E-state index contributed by atoms with van der Waals surface area (Å²) in [6, 6.07) is 15.0. The van der Waals surface area contributed by atoms with Crippen LogP contribution in [0.5, 0.6) is 0 Å². The number of aryl methyl sites for hydroxylation is 1. The zero-order chi connectivity index (χ0) is 19.0. The van der Waals surface area contributed by atoms with Gasteiger partial charge in [0.1, 0.15) is 0 Å². The Morgan fingerprint density at radius 3 is 2.48 bits per heavy atom. The molecule has 0 aliphatic heterocycles. The first-order valence-electron chi connectivity index (χ1n) is 8.55. The van der Waals surface area contributed by atoms with Gasteiger partial charge < -0.3 is 10.6 Å². The van der Waals surface area contributed by atoms with E-state index in [1.807, 2.05) is 25.1 Å². The fraction of sp³-hybridized carbons (Fsp3) is 0.316. The maximum atomic E-state index is 11.9. The maximum Gasteiger partial charge on any atom is 0.240 e. The van der Waals surface area contributed by atoms with Crippen LogP contribution in [-0.4, -0.2) is 28.0 Å². The normalized spacial score (nSPS) is 11.6. The summed E-state index contributed by atoms with van der Waals surface area (Å²) in [5, 5.41) is 6.52. The fourth-order valence-electron chi connectivity index (χ4n) is 2.43. The minimum atomic E-state index is -3.45. The van der Waals surface area contributed by atoms with Gasteiger partial charge in [-0.25, -0.2) is 18.1 Å². The van der Waals surface area contributed by atoms with E-state index in [-0.39, 0.29) is 28.9 Å². The van der Waals surface area contributed by atoms with Crippen molar-refractivity contribution in [1.29, 1.82) is 0 Å². The Morgan fingerprint density at radius 1 is 1.07 bits per heavy atom. The smallest absolute Gasteiger partial charge is 0.240 e. The molecule has 0 saturated heterocycles. The number of aliphatic imine (C=N–C) groups is 1. The van der Waals surface area contributed by atoms with Gasteiger partial charge in [0.15, 0.2) is 5.96 Å². The van der Waals surface area contributed by atoms with E-state index in [2.05, 4.69) is 39.4 Å². The molecule has 0 fully saturated rings. The summed E-state index contributed by atoms with van der Waals surface area (Å²) >= 11 is 0. The third-order valence-corrected chi connectivity index (χ3v) is 5.36. The average molecular weight is 502 g/mol. The second-order valence-electron chi connectivity index (χ2n) is 5.83. The summed E-state index contributed by atoms with van der Waals surface area (Å²) in [6.07, 6.45) is 0. The van der Waals surface area contributed by atoms with Crippen molar-refractivity contribution < 1.29 is 8.42 Å². The molecule has 8 heteroatoms. The summed E-state index contributed by atoms with van der Waals surface area (Å²) in [4.78, 5) is 4.80. The lowest BCUT2D eigenvalue weighted by atomic mass is 10.1. The Hall–Kier alpha value is -1.65. The summed E-state index contributed by atoms with van der Waals surface area (Å²) in [5.41, 5.74) is 3.26. The highest BCUT2D eigenvalue weighted by Crippen LogP contribution is 2.12. The molecule has 0 atom stereocenters. The molecule has 0 radical (unpaired) electrons. The summed E-state index contributed by atoms with van der Waals surface area (Å²) in [7, 11) is -2.05. The van der Waals surface area contributed by atoms with Crippen LogP contribution in [-0.2, 0) is 23.1 Å². The second-order valence-corrected chi connectivity index (χ2v) is 7.72. The number of hydrogen-bond acceptors (Lipinski definition) is 3. The molecule has 0 heterocycles. The largest absolute Gasteiger partial charge is 0.357 e. The van der Waals surface area contributed by atoms with Gasteiger partial charge in [-0.05, 0) is 49.7 Å². The molecule has 27 heavy (non-hydrogen) atoms. The van der Waals surface area contributed by atoms with E-state index >= 15 is 0 Å². The minimum Gasteiger partial charge on any atom is -0.357 e. The Morgan fingerprint density at radius 2 is 1.81 bits per heavy atom. The molecule has 0 aliphatic carbocycles. The number of sulfonamides is 1. The van der Waals surface area contributed by atoms with Crippen molar-refractivity contribution in [3.63, 3.8) is 0 Å². The highest BCUT2D eigenvalue weighted by atomic mass is 127. The first kappa shape index (κ1) is 23.4. The van der Waals surface area contributed by atoms with Crippen LogP contribution < -0.4 is 15.4 Å². The Labute approximate surface area is 178 Å². The lowest BCUT2D eigenvalue weighted by Crippen LogP contribution is -2.36. The minimum absolute atomic E-state index is 0. The molecule has 3 N–H and O–H groups in total. The molecule has 0 saturated carbocycles. The average Bonchev–Trinajstić information content (AvgIpc) is 2.65. The SMILES string of the molecule is CCNC(=NCc1cccc(S(=O)(=O)NC)c1)NCc1ccccc1C.I. The number of nitrogens with one attached hydrogen (secondary N) is 3. The van der Waals surface area contributed by atoms with Gasteiger partial charge >= 0.3 is 0 Å². The molecular formula is C19H27IN4O2S. The van der Waals surface area contributed by atoms with Crippen LogP contribution in [0.25, 0.3) is 0 Å². The zero-order valence-corrected chi connectivity index (χ0v) is 19.0. The molecule has 2 aromatic rings. The van der Waals surface area contributed by atoms with E-state index in [9.17, 15) is 8.42 Å². The standard InChI is InChI=1S/C19H26N4O2S.HI/c1-4-21-19(23-14-17-10-6-5-8-15(17)2)22-13-16-9-7-11-18(12-16)26(24,25)20-3;/h5-12,20H,4,13-14H2,1-3H3,(H2,21,22,23);1H. The van der Waals surface area contributed by atoms with E-state index in [1.54, 1.807) is 18.2 Å². The molecule has 2 rings (SSSR count). The van der Waals surface area contributed by atoms with Gasteiger partial charge in [0.25, 0.3) is 0 Å². The predicted molar refractivity (Wildman–Crippen MR) is 121 cm³/mol. The van der Waals surface area contributed by atoms with Gasteiger partial charge in [-0.2, -0.15) is 0 Å². The number of hydrogen-bond donors (Lipinski definition) is 3. The first-order chi connectivity index (χ1) is 12.5. The van der Waals surface area contributed by atoms with Crippen LogP contribution >= 0.6 is 24.0 Å². The molecule has 0 bridgehead atoms. The van der Waals surface area contributed by atoms with Gasteiger partial charge in [-0.3, -0.25) is 0 Å². The van der Waals surface area contributed by atoms with Crippen molar-refractivity contribution in [1.82, 2.24) is 15.4 Å². The molecule has 0 aliphatic rings. The van der Waals surface area contributed by atoms with Crippen LogP contribution in [0.4, 0.5) is 0 Å². The number of rotatable bonds is 7. The fourth-order valence-corrected chi connectivity index (χ4v) is 3.23. The third-order valence-electron chi connectivity index (χ3n) is 3.95. The number of nitrogens with zero attached hydrogens (tertiary/aromatic N) is 1. The molecule has 6 nitrogen and oxygen atoms in total. The Balaban J connectivity index is 0.00000364. The van der Waals surface area contributed by atoms with Crippen molar-refractivity contribution in [2.45, 2.75) is 31.8 Å². The molecule has 2 aromatic carbocycles. The number of benzene rings is 2. The van der Waals surface area contributed by atoms with Crippen LogP contribution in [0.3, 0.4) is 0 Å². The molecule has 0 spiro atoms. The summed E-state index contributed by atoms with van der Waals surface area (Å²) in [6.45, 7) is 5.89. The van der Waals surface area contributed by atoms with Gasteiger partial charge in [-0.1, -0.05) is 36.4 Å². The first-order valence-corrected chi connectivity index (χ1v) is 10.0. The second kappa shape index (κ2) is 11.3. The quantitative estimate of drug-likeness (QED) is 0.309. The van der Waals surface area contributed by atoms with Crippen molar-refractivity contribution in [3.05, 3.63) is 65.2 Å². The highest BCUT2D eigenvalue weighted by molar-refractivity contribution is 14.0. The van der Waals surface area contributed by atoms with Crippen LogP contribution in [0.2, 0.25) is 0 Å². The lowest BCUT2D eigenvalue weighted by Gasteiger charge is -2.13.